The fourth-order valence-corrected chi connectivity index (χ4v) is 1.82. The normalized spacial score (nSPS) is 12.0. The quantitative estimate of drug-likeness (QED) is 0.836. The third kappa shape index (κ3) is 4.03. The number of amides is 1. The summed E-state index contributed by atoms with van der Waals surface area (Å²) in [5.41, 5.74) is 7.22. The van der Waals surface area contributed by atoms with Gasteiger partial charge in [0.1, 0.15) is 12.3 Å². The number of aromatic nitrogens is 3. The summed E-state index contributed by atoms with van der Waals surface area (Å²) in [6.45, 7) is 2.06. The molecule has 112 valence electrons. The molecule has 21 heavy (non-hydrogen) atoms. The summed E-state index contributed by atoms with van der Waals surface area (Å²) in [5.74, 6) is 0.495. The highest BCUT2D eigenvalue weighted by Crippen LogP contribution is 2.16. The molecule has 0 saturated carbocycles. The van der Waals surface area contributed by atoms with Crippen molar-refractivity contribution in [3.8, 4) is 5.75 Å². The summed E-state index contributed by atoms with van der Waals surface area (Å²) in [6.07, 6.45) is 2.47. The molecule has 1 aromatic heterocycles. The van der Waals surface area contributed by atoms with Gasteiger partial charge in [-0.3, -0.25) is 4.79 Å². The zero-order valence-corrected chi connectivity index (χ0v) is 12.1. The first-order valence-corrected chi connectivity index (χ1v) is 6.72. The van der Waals surface area contributed by atoms with E-state index in [0.717, 1.165) is 6.42 Å². The number of methoxy groups -OCH3 is 1. The fourth-order valence-electron chi connectivity index (χ4n) is 1.82. The first kappa shape index (κ1) is 15.0. The van der Waals surface area contributed by atoms with Crippen molar-refractivity contribution >= 4 is 11.6 Å². The molecule has 0 aliphatic rings. The second-order valence-electron chi connectivity index (χ2n) is 4.64. The Balaban J connectivity index is 1.96. The fraction of sp³-hybridized carbons (Fsp3) is 0.357. The molecule has 0 spiro atoms. The molecular weight excluding hydrogens is 270 g/mol. The van der Waals surface area contributed by atoms with E-state index in [1.807, 2.05) is 19.1 Å². The highest BCUT2D eigenvalue weighted by molar-refractivity contribution is 5.90. The molecule has 2 rings (SSSR count). The number of nitrogens with zero attached hydrogens (tertiary/aromatic N) is 3. The molecule has 0 radical (unpaired) electrons. The van der Waals surface area contributed by atoms with E-state index >= 15 is 0 Å². The number of hydrogen-bond acceptors (Lipinski definition) is 5. The molecule has 1 aromatic carbocycles. The molecule has 7 nitrogen and oxygen atoms in total. The number of ether oxygens (including phenoxy) is 1. The van der Waals surface area contributed by atoms with Crippen LogP contribution >= 0.6 is 0 Å². The number of rotatable bonds is 6. The Hall–Kier alpha value is -2.41. The van der Waals surface area contributed by atoms with E-state index in [1.165, 1.54) is 4.68 Å². The number of nitrogens with two attached hydrogens (primary N) is 1. The summed E-state index contributed by atoms with van der Waals surface area (Å²) >= 11 is 0. The predicted molar refractivity (Wildman–Crippen MR) is 78.9 cm³/mol. The van der Waals surface area contributed by atoms with Crippen LogP contribution in [-0.2, 0) is 11.3 Å². The van der Waals surface area contributed by atoms with E-state index in [2.05, 4.69) is 15.6 Å². The van der Waals surface area contributed by atoms with E-state index in [1.54, 1.807) is 25.4 Å². The van der Waals surface area contributed by atoms with Crippen LogP contribution in [0.5, 0.6) is 5.75 Å². The monoisotopic (exact) mass is 289 g/mol. The molecule has 0 aliphatic heterocycles. The summed E-state index contributed by atoms with van der Waals surface area (Å²) in [7, 11) is 1.58. The molecule has 1 atom stereocenters. The molecular formula is C14H19N5O2. The van der Waals surface area contributed by atoms with E-state index in [9.17, 15) is 4.79 Å². The summed E-state index contributed by atoms with van der Waals surface area (Å²) in [5, 5.41) is 10.6. The summed E-state index contributed by atoms with van der Waals surface area (Å²) in [6, 6.07) is 7.01. The van der Waals surface area contributed by atoms with E-state index in [0.29, 0.717) is 17.1 Å². The van der Waals surface area contributed by atoms with Crippen molar-refractivity contribution in [2.24, 2.45) is 5.73 Å². The molecule has 3 N–H and O–H groups in total. The standard InChI is InChI=1S/C14H19N5O2/c1-3-12(15)13-8-19(18-17-13)9-14(20)16-10-5-4-6-11(7-10)21-2/h4-8,12H,3,9,15H2,1-2H3,(H,16,20). The SMILES string of the molecule is CCC(N)c1cn(CC(=O)Nc2cccc(OC)c2)nn1. The third-order valence-corrected chi connectivity index (χ3v) is 3.04. The van der Waals surface area contributed by atoms with Gasteiger partial charge in [0.15, 0.2) is 0 Å². The van der Waals surface area contributed by atoms with Gasteiger partial charge in [-0.1, -0.05) is 18.2 Å². The lowest BCUT2D eigenvalue weighted by Gasteiger charge is -2.06. The average molecular weight is 289 g/mol. The van der Waals surface area contributed by atoms with Crippen LogP contribution in [0.4, 0.5) is 5.69 Å². The van der Waals surface area contributed by atoms with Crippen LogP contribution < -0.4 is 15.8 Å². The van der Waals surface area contributed by atoms with Gasteiger partial charge in [-0.05, 0) is 18.6 Å². The Morgan fingerprint density at radius 3 is 3.05 bits per heavy atom. The van der Waals surface area contributed by atoms with Gasteiger partial charge >= 0.3 is 0 Å². The lowest BCUT2D eigenvalue weighted by Crippen LogP contribution is -2.19. The van der Waals surface area contributed by atoms with Crippen molar-refractivity contribution in [1.29, 1.82) is 0 Å². The maximum Gasteiger partial charge on any atom is 0.246 e. The molecule has 1 heterocycles. The largest absolute Gasteiger partial charge is 0.497 e. The van der Waals surface area contributed by atoms with Crippen molar-refractivity contribution in [3.63, 3.8) is 0 Å². The Bertz CT molecular complexity index is 611. The number of carbonyl (C=O) groups excluding carboxylic acids is 1. The van der Waals surface area contributed by atoms with Gasteiger partial charge < -0.3 is 15.8 Å². The zero-order valence-electron chi connectivity index (χ0n) is 12.1. The summed E-state index contributed by atoms with van der Waals surface area (Å²) < 4.78 is 6.58. The minimum Gasteiger partial charge on any atom is -0.497 e. The molecule has 7 heteroatoms. The maximum absolute atomic E-state index is 12.0. The second-order valence-corrected chi connectivity index (χ2v) is 4.64. The van der Waals surface area contributed by atoms with Crippen LogP contribution in [0.25, 0.3) is 0 Å². The van der Waals surface area contributed by atoms with Crippen molar-refractivity contribution in [3.05, 3.63) is 36.2 Å². The Kier molecular flexibility index (Phi) is 4.89. The molecule has 0 aliphatic carbocycles. The van der Waals surface area contributed by atoms with Gasteiger partial charge in [0.2, 0.25) is 5.91 Å². The topological polar surface area (TPSA) is 95.1 Å². The van der Waals surface area contributed by atoms with Gasteiger partial charge in [0.25, 0.3) is 0 Å². The Labute approximate surface area is 123 Å². The molecule has 1 amide bonds. The zero-order chi connectivity index (χ0) is 15.2. The number of nitrogens with one attached hydrogen (secondary N) is 1. The van der Waals surface area contributed by atoms with Crippen molar-refractivity contribution in [1.82, 2.24) is 15.0 Å². The minimum atomic E-state index is -0.190. The smallest absolute Gasteiger partial charge is 0.246 e. The number of hydrogen-bond donors (Lipinski definition) is 2. The molecule has 0 saturated heterocycles. The van der Waals surface area contributed by atoms with Gasteiger partial charge in [0, 0.05) is 11.8 Å². The van der Waals surface area contributed by atoms with Crippen molar-refractivity contribution in [2.45, 2.75) is 25.9 Å². The van der Waals surface area contributed by atoms with Crippen LogP contribution in [0.1, 0.15) is 25.1 Å². The van der Waals surface area contributed by atoms with Crippen LogP contribution in [0.15, 0.2) is 30.5 Å². The third-order valence-electron chi connectivity index (χ3n) is 3.04. The number of benzene rings is 1. The number of anilines is 1. The highest BCUT2D eigenvalue weighted by atomic mass is 16.5. The van der Waals surface area contributed by atoms with E-state index in [4.69, 9.17) is 10.5 Å². The average Bonchev–Trinajstić information content (AvgIpc) is 2.94. The Morgan fingerprint density at radius 1 is 1.52 bits per heavy atom. The Morgan fingerprint density at radius 2 is 2.33 bits per heavy atom. The first-order chi connectivity index (χ1) is 10.1. The molecule has 1 unspecified atom stereocenters. The van der Waals surface area contributed by atoms with E-state index < -0.39 is 0 Å². The number of carbonyl (C=O) groups is 1. The van der Waals surface area contributed by atoms with Gasteiger partial charge in [-0.25, -0.2) is 4.68 Å². The molecule has 0 bridgehead atoms. The minimum absolute atomic E-state index is 0.0840. The van der Waals surface area contributed by atoms with Gasteiger partial charge in [-0.15, -0.1) is 5.10 Å². The second kappa shape index (κ2) is 6.85. The lowest BCUT2D eigenvalue weighted by atomic mass is 10.2. The van der Waals surface area contributed by atoms with Gasteiger partial charge in [-0.2, -0.15) is 0 Å². The van der Waals surface area contributed by atoms with Crippen LogP contribution in [-0.4, -0.2) is 28.0 Å². The van der Waals surface area contributed by atoms with Crippen LogP contribution in [0, 0.1) is 0 Å². The maximum atomic E-state index is 12.0. The van der Waals surface area contributed by atoms with E-state index in [-0.39, 0.29) is 18.5 Å². The van der Waals surface area contributed by atoms with Crippen LogP contribution in [0.3, 0.4) is 0 Å². The lowest BCUT2D eigenvalue weighted by molar-refractivity contribution is -0.116. The van der Waals surface area contributed by atoms with Crippen molar-refractivity contribution in [2.75, 3.05) is 12.4 Å². The van der Waals surface area contributed by atoms with Crippen molar-refractivity contribution < 1.29 is 9.53 Å². The molecule has 0 fully saturated rings. The summed E-state index contributed by atoms with van der Waals surface area (Å²) in [4.78, 5) is 12.0. The van der Waals surface area contributed by atoms with Gasteiger partial charge in [0.05, 0.1) is 25.0 Å². The van der Waals surface area contributed by atoms with Crippen LogP contribution in [0.2, 0.25) is 0 Å². The molecule has 2 aromatic rings. The highest BCUT2D eigenvalue weighted by Gasteiger charge is 2.10. The predicted octanol–water partition coefficient (Wildman–Crippen LogP) is 1.34. The first-order valence-electron chi connectivity index (χ1n) is 6.72.